The highest BCUT2D eigenvalue weighted by atomic mass is 16.5. The molecular weight excluding hydrogens is 156 g/mol. The lowest BCUT2D eigenvalue weighted by Gasteiger charge is -2.13. The molecule has 0 bridgehead atoms. The maximum Gasteiger partial charge on any atom is 0.303 e. The van der Waals surface area contributed by atoms with Crippen LogP contribution in [-0.2, 0) is 9.53 Å². The highest BCUT2D eigenvalue weighted by molar-refractivity contribution is 5.66. The molecule has 12 heavy (non-hydrogen) atoms. The third-order valence-corrected chi connectivity index (χ3v) is 2.17. The molecule has 1 fully saturated rings. The first-order chi connectivity index (χ1) is 5.49. The first-order valence-electron chi connectivity index (χ1n) is 4.33. The van der Waals surface area contributed by atoms with Crippen LogP contribution in [0.5, 0.6) is 0 Å². The zero-order chi connectivity index (χ0) is 9.19. The number of ether oxygens (including phenoxy) is 1. The maximum absolute atomic E-state index is 10.3. The summed E-state index contributed by atoms with van der Waals surface area (Å²) in [5.74, 6) is -0.733. The quantitative estimate of drug-likeness (QED) is 0.704. The maximum atomic E-state index is 10.3. The minimum Gasteiger partial charge on any atom is -0.481 e. The van der Waals surface area contributed by atoms with Gasteiger partial charge in [0, 0.05) is 6.42 Å². The van der Waals surface area contributed by atoms with Gasteiger partial charge in [0.15, 0.2) is 0 Å². The number of aliphatic carboxylic acids is 1. The van der Waals surface area contributed by atoms with Gasteiger partial charge in [-0.25, -0.2) is 0 Å². The number of carboxylic acids is 1. The minimum atomic E-state index is -0.733. The molecule has 0 radical (unpaired) electrons. The van der Waals surface area contributed by atoms with E-state index in [2.05, 4.69) is 13.8 Å². The summed E-state index contributed by atoms with van der Waals surface area (Å²) in [7, 11) is 0. The molecular formula is C9H16O3. The molecule has 0 spiro atoms. The Bertz CT molecular complexity index is 175. The highest BCUT2D eigenvalue weighted by Crippen LogP contribution is 2.33. The fourth-order valence-corrected chi connectivity index (χ4v) is 1.55. The minimum absolute atomic E-state index is 0.163. The van der Waals surface area contributed by atoms with Gasteiger partial charge in [0.05, 0.1) is 12.7 Å². The van der Waals surface area contributed by atoms with Crippen molar-refractivity contribution in [2.75, 3.05) is 6.61 Å². The van der Waals surface area contributed by atoms with E-state index in [-0.39, 0.29) is 17.9 Å². The number of hydrogen-bond donors (Lipinski definition) is 1. The van der Waals surface area contributed by atoms with E-state index in [0.29, 0.717) is 6.42 Å². The number of carboxylic acid groups (broad SMARTS) is 1. The van der Waals surface area contributed by atoms with E-state index in [1.807, 2.05) is 0 Å². The Hall–Kier alpha value is -0.570. The monoisotopic (exact) mass is 172 g/mol. The summed E-state index contributed by atoms with van der Waals surface area (Å²) in [5.41, 5.74) is 0.239. The zero-order valence-electron chi connectivity index (χ0n) is 7.67. The Morgan fingerprint density at radius 3 is 2.75 bits per heavy atom. The van der Waals surface area contributed by atoms with Crippen molar-refractivity contribution in [3.05, 3.63) is 0 Å². The number of rotatable bonds is 3. The summed E-state index contributed by atoms with van der Waals surface area (Å²) in [6.45, 7) is 5.05. The Morgan fingerprint density at radius 1 is 1.67 bits per heavy atom. The fourth-order valence-electron chi connectivity index (χ4n) is 1.55. The van der Waals surface area contributed by atoms with Gasteiger partial charge in [-0.15, -0.1) is 0 Å². The normalized spacial score (nSPS) is 27.3. The molecule has 1 rings (SSSR count). The van der Waals surface area contributed by atoms with Crippen molar-refractivity contribution < 1.29 is 14.6 Å². The van der Waals surface area contributed by atoms with Crippen molar-refractivity contribution in [3.8, 4) is 0 Å². The van der Waals surface area contributed by atoms with Crippen LogP contribution < -0.4 is 0 Å². The molecule has 1 heterocycles. The van der Waals surface area contributed by atoms with Crippen molar-refractivity contribution >= 4 is 5.97 Å². The van der Waals surface area contributed by atoms with Crippen LogP contribution >= 0.6 is 0 Å². The molecule has 1 saturated heterocycles. The SMILES string of the molecule is CC1(C)COC(CCC(=O)O)C1. The van der Waals surface area contributed by atoms with Gasteiger partial charge >= 0.3 is 5.97 Å². The molecule has 1 aliphatic heterocycles. The van der Waals surface area contributed by atoms with E-state index >= 15 is 0 Å². The van der Waals surface area contributed by atoms with Crippen molar-refractivity contribution in [3.63, 3.8) is 0 Å². The van der Waals surface area contributed by atoms with Crippen LogP contribution in [0.3, 0.4) is 0 Å². The summed E-state index contributed by atoms with van der Waals surface area (Å²) in [5, 5.41) is 8.45. The smallest absolute Gasteiger partial charge is 0.303 e. The van der Waals surface area contributed by atoms with Gasteiger partial charge in [0.1, 0.15) is 0 Å². The molecule has 70 valence electrons. The Balaban J connectivity index is 2.24. The van der Waals surface area contributed by atoms with E-state index in [9.17, 15) is 4.79 Å². The number of hydrogen-bond acceptors (Lipinski definition) is 2. The summed E-state index contributed by atoms with van der Waals surface area (Å²) < 4.78 is 5.46. The molecule has 3 heteroatoms. The lowest BCUT2D eigenvalue weighted by Crippen LogP contribution is -2.11. The van der Waals surface area contributed by atoms with E-state index in [0.717, 1.165) is 13.0 Å². The van der Waals surface area contributed by atoms with Crippen LogP contribution in [0.2, 0.25) is 0 Å². The van der Waals surface area contributed by atoms with E-state index in [1.165, 1.54) is 0 Å². The van der Waals surface area contributed by atoms with Crippen molar-refractivity contribution in [1.82, 2.24) is 0 Å². The molecule has 0 aliphatic carbocycles. The zero-order valence-corrected chi connectivity index (χ0v) is 7.67. The lowest BCUT2D eigenvalue weighted by molar-refractivity contribution is -0.137. The predicted molar refractivity (Wildman–Crippen MR) is 45.0 cm³/mol. The second kappa shape index (κ2) is 3.44. The van der Waals surface area contributed by atoms with Gasteiger partial charge in [-0.05, 0) is 18.3 Å². The summed E-state index contributed by atoms with van der Waals surface area (Å²) in [6, 6.07) is 0. The molecule has 0 aromatic carbocycles. The summed E-state index contributed by atoms with van der Waals surface area (Å²) in [4.78, 5) is 10.3. The first kappa shape index (κ1) is 9.52. The van der Waals surface area contributed by atoms with Gasteiger partial charge in [-0.1, -0.05) is 13.8 Å². The van der Waals surface area contributed by atoms with Crippen molar-refractivity contribution in [1.29, 1.82) is 0 Å². The molecule has 0 amide bonds. The lowest BCUT2D eigenvalue weighted by atomic mass is 9.89. The van der Waals surface area contributed by atoms with Gasteiger partial charge in [0.25, 0.3) is 0 Å². The van der Waals surface area contributed by atoms with Gasteiger partial charge in [-0.2, -0.15) is 0 Å². The largest absolute Gasteiger partial charge is 0.481 e. The highest BCUT2D eigenvalue weighted by Gasteiger charge is 2.31. The van der Waals surface area contributed by atoms with Crippen LogP contribution in [0.4, 0.5) is 0 Å². The first-order valence-corrected chi connectivity index (χ1v) is 4.33. The second-order valence-electron chi connectivity index (χ2n) is 4.23. The molecule has 1 N–H and O–H groups in total. The van der Waals surface area contributed by atoms with Gasteiger partial charge in [-0.3, -0.25) is 4.79 Å². The topological polar surface area (TPSA) is 46.5 Å². The van der Waals surface area contributed by atoms with Crippen molar-refractivity contribution in [2.45, 2.75) is 39.2 Å². The standard InChI is InChI=1S/C9H16O3/c1-9(2)5-7(12-6-9)3-4-8(10)11/h7H,3-6H2,1-2H3,(H,10,11). The third-order valence-electron chi connectivity index (χ3n) is 2.17. The predicted octanol–water partition coefficient (Wildman–Crippen LogP) is 1.67. The average Bonchev–Trinajstić information content (AvgIpc) is 2.26. The summed E-state index contributed by atoms with van der Waals surface area (Å²) >= 11 is 0. The molecule has 1 atom stereocenters. The van der Waals surface area contributed by atoms with Crippen LogP contribution in [0.15, 0.2) is 0 Å². The van der Waals surface area contributed by atoms with E-state index < -0.39 is 5.97 Å². The van der Waals surface area contributed by atoms with Gasteiger partial charge in [0.2, 0.25) is 0 Å². The molecule has 1 aliphatic rings. The third kappa shape index (κ3) is 2.81. The molecule has 1 unspecified atom stereocenters. The van der Waals surface area contributed by atoms with E-state index in [4.69, 9.17) is 9.84 Å². The van der Waals surface area contributed by atoms with Crippen LogP contribution in [-0.4, -0.2) is 23.8 Å². The Kier molecular flexibility index (Phi) is 2.73. The van der Waals surface area contributed by atoms with Crippen LogP contribution in [0.1, 0.15) is 33.1 Å². The molecule has 0 aromatic heterocycles. The fraction of sp³-hybridized carbons (Fsp3) is 0.889. The van der Waals surface area contributed by atoms with Crippen LogP contribution in [0.25, 0.3) is 0 Å². The van der Waals surface area contributed by atoms with Gasteiger partial charge < -0.3 is 9.84 Å². The summed E-state index contributed by atoms with van der Waals surface area (Å²) in [6.07, 6.45) is 2.02. The Labute approximate surface area is 72.7 Å². The van der Waals surface area contributed by atoms with Crippen molar-refractivity contribution in [2.24, 2.45) is 5.41 Å². The molecule has 3 nitrogen and oxygen atoms in total. The molecule has 0 aromatic rings. The molecule has 0 saturated carbocycles. The van der Waals surface area contributed by atoms with E-state index in [1.54, 1.807) is 0 Å². The average molecular weight is 172 g/mol. The second-order valence-corrected chi connectivity index (χ2v) is 4.23. The van der Waals surface area contributed by atoms with Crippen LogP contribution in [0, 0.1) is 5.41 Å². The Morgan fingerprint density at radius 2 is 2.33 bits per heavy atom. The number of carbonyl (C=O) groups is 1.